The zero-order valence-corrected chi connectivity index (χ0v) is 17.1. The average molecular weight is 402 g/mol. The Kier molecular flexibility index (Phi) is 6.72. The monoisotopic (exact) mass is 401 g/mol. The maximum absolute atomic E-state index is 13.7. The van der Waals surface area contributed by atoms with Crippen LogP contribution in [0.2, 0.25) is 0 Å². The zero-order chi connectivity index (χ0) is 20.6. The first-order valence-electron chi connectivity index (χ1n) is 10.5. The summed E-state index contributed by atoms with van der Waals surface area (Å²) in [6, 6.07) is 24.0. The summed E-state index contributed by atoms with van der Waals surface area (Å²) < 4.78 is 5.49. The number of hydrogen-bond donors (Lipinski definition) is 0. The largest absolute Gasteiger partial charge is 0.378 e. The van der Waals surface area contributed by atoms with Crippen molar-refractivity contribution in [2.45, 2.75) is 13.0 Å². The number of benzene rings is 2. The van der Waals surface area contributed by atoms with Crippen LogP contribution in [0.25, 0.3) is 0 Å². The minimum atomic E-state index is 0.0404. The van der Waals surface area contributed by atoms with E-state index in [-0.39, 0.29) is 5.91 Å². The average Bonchev–Trinajstić information content (AvgIpc) is 2.83. The van der Waals surface area contributed by atoms with Gasteiger partial charge in [-0.1, -0.05) is 48.5 Å². The van der Waals surface area contributed by atoms with E-state index >= 15 is 0 Å². The highest BCUT2D eigenvalue weighted by Gasteiger charge is 2.23. The van der Waals surface area contributed by atoms with Crippen molar-refractivity contribution in [2.75, 3.05) is 37.7 Å². The lowest BCUT2D eigenvalue weighted by atomic mass is 10.1. The normalized spacial score (nSPS) is 13.8. The van der Waals surface area contributed by atoms with Gasteiger partial charge in [-0.2, -0.15) is 0 Å². The SMILES string of the molecule is O=C(c1ccccc1N1CCOCC1)N(CCc1ccccc1)Cc1ccccn1. The molecule has 0 spiro atoms. The summed E-state index contributed by atoms with van der Waals surface area (Å²) in [4.78, 5) is 22.3. The number of anilines is 1. The summed E-state index contributed by atoms with van der Waals surface area (Å²) >= 11 is 0. The Bertz CT molecular complexity index is 941. The van der Waals surface area contributed by atoms with Crippen molar-refractivity contribution < 1.29 is 9.53 Å². The minimum Gasteiger partial charge on any atom is -0.378 e. The number of rotatable bonds is 7. The molecule has 0 atom stereocenters. The van der Waals surface area contributed by atoms with Crippen LogP contribution in [0.3, 0.4) is 0 Å². The predicted molar refractivity (Wildman–Crippen MR) is 119 cm³/mol. The molecule has 0 radical (unpaired) electrons. The quantitative estimate of drug-likeness (QED) is 0.604. The minimum absolute atomic E-state index is 0.0404. The Labute approximate surface area is 177 Å². The second-order valence-electron chi connectivity index (χ2n) is 7.40. The Morgan fingerprint density at radius 2 is 1.67 bits per heavy atom. The standard InChI is InChI=1S/C25H27N3O2/c29-25(23-11-4-5-12-24(23)27-16-18-30-19-17-27)28(20-22-10-6-7-14-26-22)15-13-21-8-2-1-3-9-21/h1-12,14H,13,15-20H2. The van der Waals surface area contributed by atoms with Gasteiger partial charge in [0.25, 0.3) is 5.91 Å². The van der Waals surface area contributed by atoms with Gasteiger partial charge in [0.1, 0.15) is 0 Å². The molecule has 5 nitrogen and oxygen atoms in total. The molecule has 1 fully saturated rings. The zero-order valence-electron chi connectivity index (χ0n) is 17.1. The van der Waals surface area contributed by atoms with E-state index in [0.717, 1.165) is 36.5 Å². The maximum atomic E-state index is 13.7. The molecule has 1 aliphatic heterocycles. The van der Waals surface area contributed by atoms with Gasteiger partial charge in [0, 0.05) is 31.5 Å². The fraction of sp³-hybridized carbons (Fsp3) is 0.280. The molecule has 3 aromatic rings. The molecule has 2 heterocycles. The Balaban J connectivity index is 1.58. The maximum Gasteiger partial charge on any atom is 0.256 e. The number of hydrogen-bond acceptors (Lipinski definition) is 4. The second-order valence-corrected chi connectivity index (χ2v) is 7.40. The number of carbonyl (C=O) groups is 1. The van der Waals surface area contributed by atoms with Crippen LogP contribution in [-0.4, -0.2) is 48.6 Å². The first-order chi connectivity index (χ1) is 14.8. The highest BCUT2D eigenvalue weighted by molar-refractivity contribution is 5.99. The molecule has 0 unspecified atom stereocenters. The molecule has 1 aliphatic rings. The first kappa shape index (κ1) is 20.1. The molecular formula is C25H27N3O2. The van der Waals surface area contributed by atoms with E-state index in [2.05, 4.69) is 22.0 Å². The van der Waals surface area contributed by atoms with E-state index in [1.54, 1.807) is 6.20 Å². The van der Waals surface area contributed by atoms with Gasteiger partial charge in [-0.05, 0) is 36.2 Å². The van der Waals surface area contributed by atoms with E-state index in [1.807, 2.05) is 65.6 Å². The number of aromatic nitrogens is 1. The van der Waals surface area contributed by atoms with Crippen LogP contribution in [0.1, 0.15) is 21.6 Å². The molecule has 0 aliphatic carbocycles. The van der Waals surface area contributed by atoms with E-state index in [0.29, 0.717) is 26.3 Å². The van der Waals surface area contributed by atoms with Crippen molar-refractivity contribution in [1.82, 2.24) is 9.88 Å². The van der Waals surface area contributed by atoms with Crippen molar-refractivity contribution in [3.63, 3.8) is 0 Å². The first-order valence-corrected chi connectivity index (χ1v) is 10.5. The van der Waals surface area contributed by atoms with Crippen molar-refractivity contribution in [3.05, 3.63) is 95.8 Å². The third-order valence-corrected chi connectivity index (χ3v) is 5.37. The predicted octanol–water partition coefficient (Wildman–Crippen LogP) is 3.80. The van der Waals surface area contributed by atoms with Crippen LogP contribution in [0.15, 0.2) is 79.0 Å². The molecule has 1 saturated heterocycles. The molecule has 0 saturated carbocycles. The molecule has 30 heavy (non-hydrogen) atoms. The Morgan fingerprint density at radius 3 is 2.43 bits per heavy atom. The highest BCUT2D eigenvalue weighted by atomic mass is 16.5. The molecule has 2 aromatic carbocycles. The van der Waals surface area contributed by atoms with Gasteiger partial charge in [-0.25, -0.2) is 0 Å². The van der Waals surface area contributed by atoms with Gasteiger partial charge >= 0.3 is 0 Å². The molecule has 1 amide bonds. The summed E-state index contributed by atoms with van der Waals surface area (Å²) in [6.07, 6.45) is 2.58. The number of morpholine rings is 1. The molecule has 0 N–H and O–H groups in total. The Morgan fingerprint density at radius 1 is 0.933 bits per heavy atom. The lowest BCUT2D eigenvalue weighted by Crippen LogP contribution is -2.39. The fourth-order valence-electron chi connectivity index (χ4n) is 3.75. The highest BCUT2D eigenvalue weighted by Crippen LogP contribution is 2.24. The summed E-state index contributed by atoms with van der Waals surface area (Å²) in [7, 11) is 0. The molecule has 5 heteroatoms. The third-order valence-electron chi connectivity index (χ3n) is 5.37. The summed E-state index contributed by atoms with van der Waals surface area (Å²) in [6.45, 7) is 4.10. The van der Waals surface area contributed by atoms with Crippen molar-refractivity contribution in [2.24, 2.45) is 0 Å². The van der Waals surface area contributed by atoms with Gasteiger partial charge < -0.3 is 14.5 Å². The molecule has 0 bridgehead atoms. The van der Waals surface area contributed by atoms with Gasteiger partial charge in [0.05, 0.1) is 31.0 Å². The smallest absolute Gasteiger partial charge is 0.256 e. The van der Waals surface area contributed by atoms with Gasteiger partial charge in [0.15, 0.2) is 0 Å². The van der Waals surface area contributed by atoms with Gasteiger partial charge in [-0.3, -0.25) is 9.78 Å². The molecule has 4 rings (SSSR count). The lowest BCUT2D eigenvalue weighted by molar-refractivity contribution is 0.0742. The van der Waals surface area contributed by atoms with Crippen LogP contribution in [0.5, 0.6) is 0 Å². The van der Waals surface area contributed by atoms with Crippen molar-refractivity contribution in [3.8, 4) is 0 Å². The molecular weight excluding hydrogens is 374 g/mol. The number of nitrogens with zero attached hydrogens (tertiary/aromatic N) is 3. The van der Waals surface area contributed by atoms with E-state index in [1.165, 1.54) is 5.56 Å². The molecule has 154 valence electrons. The third kappa shape index (κ3) is 5.05. The van der Waals surface area contributed by atoms with E-state index in [9.17, 15) is 4.79 Å². The number of pyridine rings is 1. The summed E-state index contributed by atoms with van der Waals surface area (Å²) in [5.74, 6) is 0.0404. The van der Waals surface area contributed by atoms with Crippen LogP contribution in [0.4, 0.5) is 5.69 Å². The number of ether oxygens (including phenoxy) is 1. The van der Waals surface area contributed by atoms with Crippen LogP contribution in [-0.2, 0) is 17.7 Å². The van der Waals surface area contributed by atoms with Crippen LogP contribution >= 0.6 is 0 Å². The fourth-order valence-corrected chi connectivity index (χ4v) is 3.75. The lowest BCUT2D eigenvalue weighted by Gasteiger charge is -2.31. The summed E-state index contributed by atoms with van der Waals surface area (Å²) in [5, 5.41) is 0. The molecule has 1 aromatic heterocycles. The topological polar surface area (TPSA) is 45.7 Å². The summed E-state index contributed by atoms with van der Waals surface area (Å²) in [5.41, 5.74) is 3.83. The van der Waals surface area contributed by atoms with Crippen molar-refractivity contribution in [1.29, 1.82) is 0 Å². The van der Waals surface area contributed by atoms with Gasteiger partial charge in [0.2, 0.25) is 0 Å². The number of amides is 1. The second kappa shape index (κ2) is 10.0. The number of carbonyl (C=O) groups excluding carboxylic acids is 1. The van der Waals surface area contributed by atoms with Crippen LogP contribution < -0.4 is 4.90 Å². The van der Waals surface area contributed by atoms with E-state index < -0.39 is 0 Å². The number of para-hydroxylation sites is 1. The van der Waals surface area contributed by atoms with E-state index in [4.69, 9.17) is 4.74 Å². The van der Waals surface area contributed by atoms with Crippen LogP contribution in [0, 0.1) is 0 Å². The Hall–Kier alpha value is -3.18. The van der Waals surface area contributed by atoms with Gasteiger partial charge in [-0.15, -0.1) is 0 Å². The van der Waals surface area contributed by atoms with Crippen molar-refractivity contribution >= 4 is 11.6 Å².